The third kappa shape index (κ3) is 2.37. The zero-order chi connectivity index (χ0) is 14.2. The lowest BCUT2D eigenvalue weighted by atomic mass is 9.79. The normalized spacial score (nSPS) is 23.9. The average molecular weight is 277 g/mol. The Labute approximate surface area is 117 Å². The van der Waals surface area contributed by atoms with Crippen LogP contribution in [0.15, 0.2) is 18.3 Å². The third-order valence-electron chi connectivity index (χ3n) is 4.30. The summed E-state index contributed by atoms with van der Waals surface area (Å²) in [6, 6.07) is 3.46. The van der Waals surface area contributed by atoms with E-state index in [2.05, 4.69) is 4.98 Å². The summed E-state index contributed by atoms with van der Waals surface area (Å²) >= 11 is 0. The number of rotatable bonds is 2. The number of nitrogens with zero attached hydrogens (tertiary/aromatic N) is 1. The van der Waals surface area contributed by atoms with Crippen LogP contribution in [-0.2, 0) is 15.1 Å². The van der Waals surface area contributed by atoms with E-state index in [-0.39, 0.29) is 5.78 Å². The minimum absolute atomic E-state index is 0.0219. The predicted molar refractivity (Wildman–Crippen MR) is 71.2 cm³/mol. The second-order valence-electron chi connectivity index (χ2n) is 5.63. The first-order valence-corrected chi connectivity index (χ1v) is 7.01. The lowest BCUT2D eigenvalue weighted by molar-refractivity contribution is -0.204. The maximum Gasteiger partial charge on any atom is 0.168 e. The Bertz CT molecular complexity index is 495. The minimum Gasteiger partial charge on any atom is -0.384 e. The molecule has 3 rings (SSSR count). The number of aliphatic hydroxyl groups is 1. The lowest BCUT2D eigenvalue weighted by Crippen LogP contribution is -2.42. The van der Waals surface area contributed by atoms with Gasteiger partial charge in [0.25, 0.3) is 0 Å². The number of hydrogen-bond acceptors (Lipinski definition) is 5. The Morgan fingerprint density at radius 2 is 1.85 bits per heavy atom. The van der Waals surface area contributed by atoms with E-state index >= 15 is 0 Å². The number of Topliss-reactive ketones (excluding diaryl/α,β-unsaturated/α-hetero) is 1. The van der Waals surface area contributed by atoms with Crippen LogP contribution in [0.1, 0.15) is 48.7 Å². The molecule has 0 bridgehead atoms. The Morgan fingerprint density at radius 1 is 1.20 bits per heavy atom. The van der Waals surface area contributed by atoms with E-state index in [4.69, 9.17) is 9.47 Å². The Kier molecular flexibility index (Phi) is 3.36. The van der Waals surface area contributed by atoms with Crippen LogP contribution in [0, 0.1) is 0 Å². The molecular formula is C15H19NO4. The van der Waals surface area contributed by atoms with Crippen LogP contribution in [0.5, 0.6) is 0 Å². The average Bonchev–Trinajstić information content (AvgIpc) is 2.92. The van der Waals surface area contributed by atoms with Gasteiger partial charge in [-0.1, -0.05) is 0 Å². The smallest absolute Gasteiger partial charge is 0.168 e. The van der Waals surface area contributed by atoms with Gasteiger partial charge >= 0.3 is 0 Å². The number of ketones is 1. The molecule has 1 aliphatic carbocycles. The summed E-state index contributed by atoms with van der Waals surface area (Å²) in [6.07, 6.45) is 3.97. The van der Waals surface area contributed by atoms with Crippen LogP contribution in [-0.4, -0.2) is 34.9 Å². The lowest BCUT2D eigenvalue weighted by Gasteiger charge is -2.40. The molecule has 0 aromatic carbocycles. The van der Waals surface area contributed by atoms with E-state index in [1.807, 2.05) is 0 Å². The largest absolute Gasteiger partial charge is 0.384 e. The summed E-state index contributed by atoms with van der Waals surface area (Å²) in [4.78, 5) is 15.5. The van der Waals surface area contributed by atoms with Crippen molar-refractivity contribution in [2.24, 2.45) is 0 Å². The Balaban J connectivity index is 1.75. The molecule has 1 saturated carbocycles. The van der Waals surface area contributed by atoms with Gasteiger partial charge in [-0.05, 0) is 31.9 Å². The third-order valence-corrected chi connectivity index (χ3v) is 4.30. The monoisotopic (exact) mass is 277 g/mol. The zero-order valence-electron chi connectivity index (χ0n) is 11.6. The molecule has 1 aromatic heterocycles. The highest BCUT2D eigenvalue weighted by Gasteiger charge is 2.46. The molecule has 2 heterocycles. The summed E-state index contributed by atoms with van der Waals surface area (Å²) in [6.45, 7) is 2.76. The van der Waals surface area contributed by atoms with Gasteiger partial charge in [0.1, 0.15) is 5.60 Å². The van der Waals surface area contributed by atoms with Crippen molar-refractivity contribution in [3.05, 3.63) is 29.6 Å². The van der Waals surface area contributed by atoms with E-state index in [1.165, 1.54) is 13.1 Å². The molecule has 0 atom stereocenters. The van der Waals surface area contributed by atoms with E-state index < -0.39 is 11.4 Å². The molecule has 1 N–H and O–H groups in total. The molecule has 0 unspecified atom stereocenters. The van der Waals surface area contributed by atoms with Gasteiger partial charge in [-0.3, -0.25) is 9.78 Å². The van der Waals surface area contributed by atoms with Gasteiger partial charge in [0.05, 0.1) is 18.9 Å². The highest BCUT2D eigenvalue weighted by Crippen LogP contribution is 2.44. The van der Waals surface area contributed by atoms with Crippen LogP contribution in [0.3, 0.4) is 0 Å². The fourth-order valence-corrected chi connectivity index (χ4v) is 2.96. The van der Waals surface area contributed by atoms with Crippen molar-refractivity contribution in [1.29, 1.82) is 0 Å². The quantitative estimate of drug-likeness (QED) is 0.835. The van der Waals surface area contributed by atoms with Gasteiger partial charge in [-0.25, -0.2) is 0 Å². The number of carbonyl (C=O) groups excluding carboxylic acids is 1. The maximum atomic E-state index is 11.2. The maximum absolute atomic E-state index is 11.2. The molecule has 2 fully saturated rings. The number of hydrogen-bond donors (Lipinski definition) is 1. The van der Waals surface area contributed by atoms with Gasteiger partial charge in [0, 0.05) is 24.6 Å². The second-order valence-corrected chi connectivity index (χ2v) is 5.63. The fraction of sp³-hybridized carbons (Fsp3) is 0.600. The van der Waals surface area contributed by atoms with Gasteiger partial charge in [-0.15, -0.1) is 0 Å². The molecule has 1 aromatic rings. The molecular weight excluding hydrogens is 258 g/mol. The van der Waals surface area contributed by atoms with E-state index in [0.717, 1.165) is 0 Å². The Hall–Kier alpha value is -1.30. The standard InChI is InChI=1S/C15H19NO4/c1-11(17)12-2-3-13(16-10-12)14(18)4-6-15(7-5-14)19-8-9-20-15/h2-3,10,18H,4-9H2,1H3. The molecule has 1 spiro atoms. The van der Waals surface area contributed by atoms with Crippen LogP contribution >= 0.6 is 0 Å². The predicted octanol–water partition coefficient (Wildman–Crippen LogP) is 1.79. The summed E-state index contributed by atoms with van der Waals surface area (Å²) in [5.41, 5.74) is 0.234. The summed E-state index contributed by atoms with van der Waals surface area (Å²) in [5.74, 6) is -0.516. The van der Waals surface area contributed by atoms with Gasteiger partial charge in [0.15, 0.2) is 11.6 Å². The number of carbonyl (C=O) groups is 1. The van der Waals surface area contributed by atoms with E-state index in [0.29, 0.717) is 50.2 Å². The number of aromatic nitrogens is 1. The molecule has 1 aliphatic heterocycles. The van der Waals surface area contributed by atoms with Gasteiger partial charge < -0.3 is 14.6 Å². The topological polar surface area (TPSA) is 68.7 Å². The molecule has 20 heavy (non-hydrogen) atoms. The highest BCUT2D eigenvalue weighted by molar-refractivity contribution is 5.93. The summed E-state index contributed by atoms with van der Waals surface area (Å²) in [7, 11) is 0. The van der Waals surface area contributed by atoms with E-state index in [9.17, 15) is 9.90 Å². The molecule has 2 aliphatic rings. The van der Waals surface area contributed by atoms with Crippen LogP contribution in [0.25, 0.3) is 0 Å². The molecule has 0 radical (unpaired) electrons. The number of ether oxygens (including phenoxy) is 2. The Morgan fingerprint density at radius 3 is 2.35 bits per heavy atom. The van der Waals surface area contributed by atoms with Crippen molar-refractivity contribution in [2.45, 2.75) is 44.0 Å². The van der Waals surface area contributed by atoms with Crippen molar-refractivity contribution in [2.75, 3.05) is 13.2 Å². The molecule has 5 nitrogen and oxygen atoms in total. The van der Waals surface area contributed by atoms with Gasteiger partial charge in [-0.2, -0.15) is 0 Å². The zero-order valence-corrected chi connectivity index (χ0v) is 11.6. The second kappa shape index (κ2) is 4.91. The first-order valence-electron chi connectivity index (χ1n) is 7.01. The minimum atomic E-state index is -0.949. The summed E-state index contributed by atoms with van der Waals surface area (Å²) < 4.78 is 11.3. The first-order chi connectivity index (χ1) is 9.53. The first kappa shape index (κ1) is 13.7. The van der Waals surface area contributed by atoms with Crippen LogP contribution < -0.4 is 0 Å². The summed E-state index contributed by atoms with van der Waals surface area (Å²) in [5, 5.41) is 10.8. The van der Waals surface area contributed by atoms with Crippen molar-refractivity contribution in [3.63, 3.8) is 0 Å². The van der Waals surface area contributed by atoms with Crippen LogP contribution in [0.2, 0.25) is 0 Å². The highest BCUT2D eigenvalue weighted by atomic mass is 16.7. The SMILES string of the molecule is CC(=O)c1ccc(C2(O)CCC3(CC2)OCCO3)nc1. The fourth-order valence-electron chi connectivity index (χ4n) is 2.96. The van der Waals surface area contributed by atoms with Crippen LogP contribution in [0.4, 0.5) is 0 Å². The molecule has 108 valence electrons. The van der Waals surface area contributed by atoms with Crippen molar-refractivity contribution in [3.8, 4) is 0 Å². The molecule has 0 amide bonds. The van der Waals surface area contributed by atoms with Gasteiger partial charge in [0.2, 0.25) is 0 Å². The molecule has 5 heteroatoms. The van der Waals surface area contributed by atoms with Crippen molar-refractivity contribution >= 4 is 5.78 Å². The van der Waals surface area contributed by atoms with E-state index in [1.54, 1.807) is 12.1 Å². The number of pyridine rings is 1. The van der Waals surface area contributed by atoms with Crippen molar-refractivity contribution in [1.82, 2.24) is 4.98 Å². The molecule has 1 saturated heterocycles. The van der Waals surface area contributed by atoms with Crippen molar-refractivity contribution < 1.29 is 19.4 Å².